The number of nitrogens with zero attached hydrogens (tertiary/aromatic N) is 4. The van der Waals surface area contributed by atoms with Gasteiger partial charge in [-0.1, -0.05) is 0 Å². The van der Waals surface area contributed by atoms with Crippen LogP contribution in [0.1, 0.15) is 10.4 Å². The normalized spacial score (nSPS) is 8.75. The highest BCUT2D eigenvalue weighted by Gasteiger charge is 2.16. The number of methoxy groups -OCH3 is 1. The summed E-state index contributed by atoms with van der Waals surface area (Å²) in [7, 11) is 1.15. The van der Waals surface area contributed by atoms with Crippen molar-refractivity contribution in [3.63, 3.8) is 0 Å². The molecule has 0 aliphatic rings. The molecule has 0 spiro atoms. The van der Waals surface area contributed by atoms with E-state index in [1.165, 1.54) is 18.2 Å². The molecule has 1 aromatic carbocycles. The molecule has 0 aliphatic heterocycles. The van der Waals surface area contributed by atoms with Crippen LogP contribution in [0.2, 0.25) is 0 Å². The Bertz CT molecular complexity index is 652. The molecule has 1 aromatic rings. The van der Waals surface area contributed by atoms with Crippen LogP contribution in [0, 0.1) is 32.8 Å². The predicted octanol–water partition coefficient (Wildman–Crippen LogP) is 1.20. The fourth-order valence-corrected chi connectivity index (χ4v) is 1.22. The molecular formula is C11H7N5O4. The van der Waals surface area contributed by atoms with Gasteiger partial charge in [0.1, 0.15) is 12.1 Å². The van der Waals surface area contributed by atoms with E-state index in [9.17, 15) is 14.9 Å². The van der Waals surface area contributed by atoms with Crippen LogP contribution in [0.5, 0.6) is 0 Å². The Balaban J connectivity index is 3.26. The van der Waals surface area contributed by atoms with Gasteiger partial charge in [0.15, 0.2) is 0 Å². The van der Waals surface area contributed by atoms with E-state index in [1.807, 2.05) is 0 Å². The molecule has 0 bridgehead atoms. The van der Waals surface area contributed by atoms with Gasteiger partial charge in [0.25, 0.3) is 5.69 Å². The lowest BCUT2D eigenvalue weighted by Gasteiger charge is -2.06. The molecule has 0 fully saturated rings. The molecule has 0 aliphatic carbocycles. The predicted molar refractivity (Wildman–Crippen MR) is 66.7 cm³/mol. The maximum absolute atomic E-state index is 11.5. The number of ether oxygens (including phenoxy) is 1. The molecule has 0 amide bonds. The quantitative estimate of drug-likeness (QED) is 0.375. The van der Waals surface area contributed by atoms with E-state index in [0.717, 1.165) is 19.2 Å². The van der Waals surface area contributed by atoms with Crippen LogP contribution < -0.4 is 5.43 Å². The molecule has 0 saturated carbocycles. The second-order valence-corrected chi connectivity index (χ2v) is 3.27. The number of esters is 1. The molecule has 0 heterocycles. The number of hydrogen-bond acceptors (Lipinski definition) is 8. The topological polar surface area (TPSA) is 141 Å². The van der Waals surface area contributed by atoms with Crippen molar-refractivity contribution in [2.75, 3.05) is 12.5 Å². The third kappa shape index (κ3) is 3.27. The van der Waals surface area contributed by atoms with Gasteiger partial charge in [-0.25, -0.2) is 4.79 Å². The molecular weight excluding hydrogens is 266 g/mol. The van der Waals surface area contributed by atoms with Crippen LogP contribution in [0.15, 0.2) is 23.3 Å². The smallest absolute Gasteiger partial charge is 0.340 e. The summed E-state index contributed by atoms with van der Waals surface area (Å²) in [5, 5.41) is 31.2. The molecule has 100 valence electrons. The summed E-state index contributed by atoms with van der Waals surface area (Å²) in [6.45, 7) is 0. The van der Waals surface area contributed by atoms with E-state index >= 15 is 0 Å². The van der Waals surface area contributed by atoms with Gasteiger partial charge in [-0.3, -0.25) is 15.5 Å². The van der Waals surface area contributed by atoms with Gasteiger partial charge in [-0.05, 0) is 6.07 Å². The summed E-state index contributed by atoms with van der Waals surface area (Å²) >= 11 is 0. The van der Waals surface area contributed by atoms with Crippen molar-refractivity contribution in [2.45, 2.75) is 0 Å². The molecule has 0 saturated heterocycles. The first kappa shape index (κ1) is 14.6. The molecule has 1 N–H and O–H groups in total. The number of nitriles is 2. The molecule has 9 heteroatoms. The Morgan fingerprint density at radius 3 is 2.60 bits per heavy atom. The Labute approximate surface area is 112 Å². The lowest BCUT2D eigenvalue weighted by Crippen LogP contribution is -2.07. The average molecular weight is 273 g/mol. The number of benzene rings is 1. The standard InChI is InChI=1S/C11H7N5O4/c1-20-11(17)9-3-2-8(16(18)19)4-10(9)15-14-7(5-12)6-13/h2-4,15H,1H3. The Morgan fingerprint density at radius 2 is 2.10 bits per heavy atom. The molecule has 0 aromatic heterocycles. The molecule has 9 nitrogen and oxygen atoms in total. The SMILES string of the molecule is COC(=O)c1ccc([N+](=O)[O-])cc1NN=C(C#N)C#N. The van der Waals surface area contributed by atoms with Crippen molar-refractivity contribution < 1.29 is 14.5 Å². The van der Waals surface area contributed by atoms with Gasteiger partial charge in [-0.15, -0.1) is 0 Å². The van der Waals surface area contributed by atoms with Gasteiger partial charge >= 0.3 is 5.97 Å². The van der Waals surface area contributed by atoms with E-state index in [0.29, 0.717) is 0 Å². The van der Waals surface area contributed by atoms with Crippen LogP contribution in [0.3, 0.4) is 0 Å². The highest BCUT2D eigenvalue weighted by Crippen LogP contribution is 2.23. The molecule has 20 heavy (non-hydrogen) atoms. The first-order chi connectivity index (χ1) is 9.53. The zero-order valence-corrected chi connectivity index (χ0v) is 10.2. The fraction of sp³-hybridized carbons (Fsp3) is 0.0909. The van der Waals surface area contributed by atoms with E-state index in [-0.39, 0.29) is 16.9 Å². The number of hydrogen-bond donors (Lipinski definition) is 1. The minimum atomic E-state index is -0.743. The largest absolute Gasteiger partial charge is 0.465 e. The first-order valence-electron chi connectivity index (χ1n) is 5.04. The number of carbonyl (C=O) groups is 1. The van der Waals surface area contributed by atoms with Gasteiger partial charge < -0.3 is 4.74 Å². The van der Waals surface area contributed by atoms with Crippen molar-refractivity contribution in [3.05, 3.63) is 33.9 Å². The van der Waals surface area contributed by atoms with Crippen LogP contribution in [-0.4, -0.2) is 23.7 Å². The van der Waals surface area contributed by atoms with Crippen molar-refractivity contribution in [1.29, 1.82) is 10.5 Å². The van der Waals surface area contributed by atoms with Gasteiger partial charge in [-0.2, -0.15) is 15.6 Å². The van der Waals surface area contributed by atoms with E-state index in [2.05, 4.69) is 15.3 Å². The van der Waals surface area contributed by atoms with Crippen LogP contribution in [-0.2, 0) is 4.74 Å². The number of nitro groups is 1. The average Bonchev–Trinajstić information content (AvgIpc) is 2.47. The molecule has 0 atom stereocenters. The van der Waals surface area contributed by atoms with Crippen LogP contribution in [0.4, 0.5) is 11.4 Å². The number of non-ortho nitro benzene ring substituents is 1. The lowest BCUT2D eigenvalue weighted by molar-refractivity contribution is -0.384. The molecule has 0 radical (unpaired) electrons. The number of nitro benzene ring substituents is 1. The lowest BCUT2D eigenvalue weighted by atomic mass is 10.1. The second kappa shape index (κ2) is 6.47. The first-order valence-corrected chi connectivity index (χ1v) is 5.04. The van der Waals surface area contributed by atoms with E-state index < -0.39 is 16.6 Å². The van der Waals surface area contributed by atoms with E-state index in [1.54, 1.807) is 0 Å². The maximum Gasteiger partial charge on any atom is 0.340 e. The third-order valence-corrected chi connectivity index (χ3v) is 2.12. The van der Waals surface area contributed by atoms with Gasteiger partial charge in [0.05, 0.1) is 23.3 Å². The van der Waals surface area contributed by atoms with Crippen LogP contribution >= 0.6 is 0 Å². The highest BCUT2D eigenvalue weighted by atomic mass is 16.6. The molecule has 0 unspecified atom stereocenters. The Hall–Kier alpha value is -3.46. The number of nitrogens with one attached hydrogen (secondary N) is 1. The Kier molecular flexibility index (Phi) is 4.72. The number of carbonyl (C=O) groups excluding carboxylic acids is 1. The minimum absolute atomic E-state index is 0.0166. The minimum Gasteiger partial charge on any atom is -0.465 e. The maximum atomic E-state index is 11.5. The van der Waals surface area contributed by atoms with Crippen molar-refractivity contribution in [1.82, 2.24) is 0 Å². The highest BCUT2D eigenvalue weighted by molar-refractivity contribution is 6.10. The van der Waals surface area contributed by atoms with Gasteiger partial charge in [0.2, 0.25) is 5.71 Å². The van der Waals surface area contributed by atoms with Gasteiger partial charge in [0, 0.05) is 12.1 Å². The number of anilines is 1. The number of rotatable bonds is 4. The Morgan fingerprint density at radius 1 is 1.45 bits per heavy atom. The zero-order valence-electron chi connectivity index (χ0n) is 10.2. The fourth-order valence-electron chi connectivity index (χ4n) is 1.22. The van der Waals surface area contributed by atoms with Crippen molar-refractivity contribution in [2.24, 2.45) is 5.10 Å². The van der Waals surface area contributed by atoms with Crippen molar-refractivity contribution >= 4 is 23.1 Å². The van der Waals surface area contributed by atoms with E-state index in [4.69, 9.17) is 10.5 Å². The summed E-state index contributed by atoms with van der Waals surface area (Å²) in [6, 6.07) is 6.34. The van der Waals surface area contributed by atoms with Crippen LogP contribution in [0.25, 0.3) is 0 Å². The summed E-state index contributed by atoms with van der Waals surface area (Å²) in [6.07, 6.45) is 0. The zero-order chi connectivity index (χ0) is 15.1. The molecule has 1 rings (SSSR count). The monoisotopic (exact) mass is 273 g/mol. The van der Waals surface area contributed by atoms with Crippen molar-refractivity contribution in [3.8, 4) is 12.1 Å². The number of hydrazone groups is 1. The third-order valence-electron chi connectivity index (χ3n) is 2.12. The second-order valence-electron chi connectivity index (χ2n) is 3.27. The summed E-state index contributed by atoms with van der Waals surface area (Å²) in [5.74, 6) is -0.743. The summed E-state index contributed by atoms with van der Waals surface area (Å²) in [5.41, 5.74) is 1.42. The summed E-state index contributed by atoms with van der Waals surface area (Å²) in [4.78, 5) is 21.5. The summed E-state index contributed by atoms with van der Waals surface area (Å²) < 4.78 is 4.51.